The van der Waals surface area contributed by atoms with E-state index in [4.69, 9.17) is 22.1 Å². The minimum Gasteiger partial charge on any atom is -0.484 e. The van der Waals surface area contributed by atoms with Crippen LogP contribution in [0.4, 0.5) is 5.13 Å². The van der Waals surface area contributed by atoms with E-state index in [0.29, 0.717) is 20.2 Å². The molecule has 2 rings (SSSR count). The molecule has 7 nitrogen and oxygen atoms in total. The summed E-state index contributed by atoms with van der Waals surface area (Å²) in [6, 6.07) is 6.67. The Balaban J connectivity index is 1.79. The maximum atomic E-state index is 11.7. The van der Waals surface area contributed by atoms with Gasteiger partial charge in [0.15, 0.2) is 10.9 Å². The molecule has 22 heavy (non-hydrogen) atoms. The van der Waals surface area contributed by atoms with Crippen molar-refractivity contribution in [2.24, 2.45) is 5.73 Å². The van der Waals surface area contributed by atoms with Gasteiger partial charge < -0.3 is 10.5 Å². The molecule has 10 heteroatoms. The molecule has 0 saturated carbocycles. The molecule has 0 radical (unpaired) electrons. The van der Waals surface area contributed by atoms with Gasteiger partial charge in [0, 0.05) is 5.02 Å². The van der Waals surface area contributed by atoms with Gasteiger partial charge in [-0.3, -0.25) is 14.9 Å². The van der Waals surface area contributed by atoms with Crippen LogP contribution in [0.3, 0.4) is 0 Å². The largest absolute Gasteiger partial charge is 0.484 e. The van der Waals surface area contributed by atoms with Crippen LogP contribution in [0.5, 0.6) is 5.75 Å². The van der Waals surface area contributed by atoms with Crippen LogP contribution in [0.1, 0.15) is 0 Å². The highest BCUT2D eigenvalue weighted by Gasteiger charge is 2.10. The van der Waals surface area contributed by atoms with Crippen molar-refractivity contribution < 1.29 is 14.3 Å². The maximum Gasteiger partial charge on any atom is 0.264 e. The standard InChI is InChI=1S/C12H11ClN4O3S2/c13-7-1-3-8(4-2-7)20-5-10(19)15-11-16-17-12(22-11)21-6-9(14)18/h1-4H,5-6H2,(H2,14,18)(H,15,16,19). The van der Waals surface area contributed by atoms with Crippen LogP contribution in [0.25, 0.3) is 0 Å². The Labute approximate surface area is 139 Å². The first-order valence-electron chi connectivity index (χ1n) is 5.96. The van der Waals surface area contributed by atoms with Crippen molar-refractivity contribution in [2.45, 2.75) is 4.34 Å². The molecular weight excluding hydrogens is 348 g/mol. The Morgan fingerprint density at radius 1 is 1.32 bits per heavy atom. The fraction of sp³-hybridized carbons (Fsp3) is 0.167. The van der Waals surface area contributed by atoms with E-state index in [1.54, 1.807) is 24.3 Å². The first-order chi connectivity index (χ1) is 10.5. The molecule has 116 valence electrons. The first-order valence-corrected chi connectivity index (χ1v) is 8.14. The van der Waals surface area contributed by atoms with Crippen molar-refractivity contribution >= 4 is 51.6 Å². The molecule has 0 fully saturated rings. The lowest BCUT2D eigenvalue weighted by molar-refractivity contribution is -0.118. The van der Waals surface area contributed by atoms with E-state index in [2.05, 4.69) is 15.5 Å². The molecule has 1 heterocycles. The van der Waals surface area contributed by atoms with E-state index in [9.17, 15) is 9.59 Å². The Bertz CT molecular complexity index is 663. The molecule has 0 spiro atoms. The Hall–Kier alpha value is -1.84. The van der Waals surface area contributed by atoms with Gasteiger partial charge in [0.05, 0.1) is 5.75 Å². The fourth-order valence-electron chi connectivity index (χ4n) is 1.29. The van der Waals surface area contributed by atoms with Gasteiger partial charge in [0.2, 0.25) is 11.0 Å². The third-order valence-electron chi connectivity index (χ3n) is 2.17. The van der Waals surface area contributed by atoms with Crippen LogP contribution in [0.15, 0.2) is 28.6 Å². The summed E-state index contributed by atoms with van der Waals surface area (Å²) in [7, 11) is 0. The number of hydrogen-bond acceptors (Lipinski definition) is 7. The lowest BCUT2D eigenvalue weighted by Gasteiger charge is -2.05. The van der Waals surface area contributed by atoms with Crippen molar-refractivity contribution in [2.75, 3.05) is 17.7 Å². The number of nitrogens with one attached hydrogen (secondary N) is 1. The summed E-state index contributed by atoms with van der Waals surface area (Å²) in [6.45, 7) is -0.162. The predicted molar refractivity (Wildman–Crippen MR) is 85.4 cm³/mol. The summed E-state index contributed by atoms with van der Waals surface area (Å²) in [5.74, 6) is -0.156. The molecule has 1 aromatic carbocycles. The average Bonchev–Trinajstić information content (AvgIpc) is 2.92. The number of benzene rings is 1. The van der Waals surface area contributed by atoms with Crippen molar-refractivity contribution in [3.05, 3.63) is 29.3 Å². The van der Waals surface area contributed by atoms with E-state index in [-0.39, 0.29) is 18.3 Å². The summed E-state index contributed by atoms with van der Waals surface area (Å²) in [4.78, 5) is 22.4. The number of amides is 2. The molecule has 0 unspecified atom stereocenters. The van der Waals surface area contributed by atoms with Crippen molar-refractivity contribution in [3.63, 3.8) is 0 Å². The third kappa shape index (κ3) is 5.51. The highest BCUT2D eigenvalue weighted by molar-refractivity contribution is 8.01. The van der Waals surface area contributed by atoms with Crippen molar-refractivity contribution in [1.29, 1.82) is 0 Å². The minimum absolute atomic E-state index is 0.113. The van der Waals surface area contributed by atoms with E-state index in [1.807, 2.05) is 0 Å². The van der Waals surface area contributed by atoms with Crippen LogP contribution in [0.2, 0.25) is 5.02 Å². The summed E-state index contributed by atoms with van der Waals surface area (Å²) in [5.41, 5.74) is 5.03. The van der Waals surface area contributed by atoms with Crippen molar-refractivity contribution in [1.82, 2.24) is 10.2 Å². The Morgan fingerprint density at radius 3 is 2.73 bits per heavy atom. The fourth-order valence-corrected chi connectivity index (χ4v) is 2.92. The van der Waals surface area contributed by atoms with Gasteiger partial charge in [-0.1, -0.05) is 34.7 Å². The second-order valence-electron chi connectivity index (χ2n) is 3.92. The smallest absolute Gasteiger partial charge is 0.264 e. The quantitative estimate of drug-likeness (QED) is 0.577. The summed E-state index contributed by atoms with van der Waals surface area (Å²) in [6.07, 6.45) is 0. The zero-order valence-corrected chi connectivity index (χ0v) is 13.5. The monoisotopic (exact) mass is 358 g/mol. The van der Waals surface area contributed by atoms with E-state index in [1.165, 1.54) is 0 Å². The number of carbonyl (C=O) groups excluding carboxylic acids is 2. The van der Waals surface area contributed by atoms with Crippen molar-refractivity contribution in [3.8, 4) is 5.75 Å². The van der Waals surface area contributed by atoms with Gasteiger partial charge in [0.1, 0.15) is 5.75 Å². The number of halogens is 1. The van der Waals surface area contributed by atoms with Crippen LogP contribution in [-0.2, 0) is 9.59 Å². The minimum atomic E-state index is -0.442. The number of aromatic nitrogens is 2. The number of anilines is 1. The van der Waals surface area contributed by atoms with Crippen LogP contribution >= 0.6 is 34.7 Å². The highest BCUT2D eigenvalue weighted by atomic mass is 35.5. The number of carbonyl (C=O) groups is 2. The molecular formula is C12H11ClN4O3S2. The molecule has 1 aromatic heterocycles. The molecule has 2 amide bonds. The Kier molecular flexibility index (Phi) is 5.99. The number of nitrogens with zero attached hydrogens (tertiary/aromatic N) is 2. The van der Waals surface area contributed by atoms with Gasteiger partial charge in [-0.2, -0.15) is 0 Å². The maximum absolute atomic E-state index is 11.7. The average molecular weight is 359 g/mol. The van der Waals surface area contributed by atoms with Gasteiger partial charge in [-0.05, 0) is 24.3 Å². The molecule has 0 bridgehead atoms. The molecule has 0 aliphatic rings. The number of thioether (sulfide) groups is 1. The van der Waals surface area contributed by atoms with Crippen LogP contribution in [0, 0.1) is 0 Å². The summed E-state index contributed by atoms with van der Waals surface area (Å²) in [5, 5.41) is 11.1. The van der Waals surface area contributed by atoms with E-state index >= 15 is 0 Å². The SMILES string of the molecule is NC(=O)CSc1nnc(NC(=O)COc2ccc(Cl)cc2)s1. The van der Waals surface area contributed by atoms with E-state index in [0.717, 1.165) is 23.1 Å². The number of hydrogen-bond donors (Lipinski definition) is 2. The number of ether oxygens (including phenoxy) is 1. The number of rotatable bonds is 7. The second-order valence-corrected chi connectivity index (χ2v) is 6.56. The normalized spacial score (nSPS) is 10.2. The van der Waals surface area contributed by atoms with Crippen LogP contribution in [-0.4, -0.2) is 34.4 Å². The molecule has 0 aliphatic heterocycles. The second kappa shape index (κ2) is 7.97. The molecule has 0 saturated heterocycles. The lowest BCUT2D eigenvalue weighted by atomic mass is 10.3. The summed E-state index contributed by atoms with van der Waals surface area (Å²) >= 11 is 8.07. The van der Waals surface area contributed by atoms with Gasteiger partial charge in [0.25, 0.3) is 5.91 Å². The van der Waals surface area contributed by atoms with E-state index < -0.39 is 5.91 Å². The molecule has 0 atom stereocenters. The van der Waals surface area contributed by atoms with Crippen LogP contribution < -0.4 is 15.8 Å². The summed E-state index contributed by atoms with van der Waals surface area (Å²) < 4.78 is 5.85. The lowest BCUT2D eigenvalue weighted by Crippen LogP contribution is -2.20. The molecule has 3 N–H and O–H groups in total. The zero-order valence-electron chi connectivity index (χ0n) is 11.1. The topological polar surface area (TPSA) is 107 Å². The number of nitrogens with two attached hydrogens (primary N) is 1. The molecule has 0 aliphatic carbocycles. The third-order valence-corrected chi connectivity index (χ3v) is 4.42. The predicted octanol–water partition coefficient (Wildman–Crippen LogP) is 1.79. The first kappa shape index (κ1) is 16.5. The van der Waals surface area contributed by atoms with Gasteiger partial charge in [-0.25, -0.2) is 0 Å². The van der Waals surface area contributed by atoms with Gasteiger partial charge in [-0.15, -0.1) is 10.2 Å². The zero-order chi connectivity index (χ0) is 15.9. The molecule has 2 aromatic rings. The number of primary amides is 1. The Morgan fingerprint density at radius 2 is 2.05 bits per heavy atom. The van der Waals surface area contributed by atoms with Gasteiger partial charge >= 0.3 is 0 Å². The highest BCUT2D eigenvalue weighted by Crippen LogP contribution is 2.25.